The van der Waals surface area contributed by atoms with Crippen molar-refractivity contribution < 1.29 is 9.90 Å². The van der Waals surface area contributed by atoms with Gasteiger partial charge in [0.25, 0.3) is 0 Å². The molecule has 0 saturated heterocycles. The summed E-state index contributed by atoms with van der Waals surface area (Å²) in [5, 5.41) is 12.3. The van der Waals surface area contributed by atoms with E-state index in [1.807, 2.05) is 13.2 Å². The van der Waals surface area contributed by atoms with Gasteiger partial charge in [-0.25, -0.2) is 0 Å². The average Bonchev–Trinajstić information content (AvgIpc) is 2.11. The van der Waals surface area contributed by atoms with Gasteiger partial charge in [0.05, 0.1) is 0 Å². The molecule has 0 rings (SSSR count). The Morgan fingerprint density at radius 1 is 1.62 bits per heavy atom. The SMILES string of the molecule is CCCC(NCC(C)SC)C(=O)O. The van der Waals surface area contributed by atoms with Crippen molar-refractivity contribution in [1.29, 1.82) is 0 Å². The van der Waals surface area contributed by atoms with E-state index in [1.165, 1.54) is 0 Å². The van der Waals surface area contributed by atoms with Gasteiger partial charge in [0.2, 0.25) is 0 Å². The molecule has 2 unspecified atom stereocenters. The number of carboxylic acid groups (broad SMARTS) is 1. The zero-order valence-electron chi connectivity index (χ0n) is 8.54. The van der Waals surface area contributed by atoms with Crippen LogP contribution >= 0.6 is 11.8 Å². The fourth-order valence-corrected chi connectivity index (χ4v) is 1.26. The van der Waals surface area contributed by atoms with Gasteiger partial charge in [-0.1, -0.05) is 20.3 Å². The zero-order chi connectivity index (χ0) is 10.3. The molecule has 2 atom stereocenters. The fourth-order valence-electron chi connectivity index (χ4n) is 0.993. The summed E-state index contributed by atoms with van der Waals surface area (Å²) in [5.74, 6) is -0.741. The highest BCUT2D eigenvalue weighted by molar-refractivity contribution is 7.99. The third-order valence-electron chi connectivity index (χ3n) is 1.93. The van der Waals surface area contributed by atoms with Crippen LogP contribution in [0.2, 0.25) is 0 Å². The number of hydrogen-bond donors (Lipinski definition) is 2. The van der Waals surface area contributed by atoms with E-state index in [4.69, 9.17) is 5.11 Å². The maximum absolute atomic E-state index is 10.7. The van der Waals surface area contributed by atoms with Gasteiger partial charge in [-0.2, -0.15) is 11.8 Å². The Kier molecular flexibility index (Phi) is 7.09. The van der Waals surface area contributed by atoms with Crippen LogP contribution in [0.5, 0.6) is 0 Å². The highest BCUT2D eigenvalue weighted by Gasteiger charge is 2.15. The van der Waals surface area contributed by atoms with E-state index in [0.717, 1.165) is 13.0 Å². The lowest BCUT2D eigenvalue weighted by molar-refractivity contribution is -0.139. The van der Waals surface area contributed by atoms with Crippen molar-refractivity contribution in [3.8, 4) is 0 Å². The molecule has 0 amide bonds. The summed E-state index contributed by atoms with van der Waals surface area (Å²) in [6, 6.07) is -0.375. The van der Waals surface area contributed by atoms with Crippen LogP contribution in [0.25, 0.3) is 0 Å². The molecule has 78 valence electrons. The highest BCUT2D eigenvalue weighted by Crippen LogP contribution is 2.04. The summed E-state index contributed by atoms with van der Waals surface area (Å²) in [6.45, 7) is 4.84. The monoisotopic (exact) mass is 205 g/mol. The lowest BCUT2D eigenvalue weighted by Crippen LogP contribution is -2.39. The average molecular weight is 205 g/mol. The van der Waals surface area contributed by atoms with E-state index >= 15 is 0 Å². The van der Waals surface area contributed by atoms with Gasteiger partial charge in [-0.3, -0.25) is 4.79 Å². The van der Waals surface area contributed by atoms with Crippen LogP contribution in [0.15, 0.2) is 0 Å². The van der Waals surface area contributed by atoms with Gasteiger partial charge in [-0.15, -0.1) is 0 Å². The molecule has 0 aromatic carbocycles. The van der Waals surface area contributed by atoms with Crippen molar-refractivity contribution in [3.63, 3.8) is 0 Å². The smallest absolute Gasteiger partial charge is 0.320 e. The maximum atomic E-state index is 10.7. The van der Waals surface area contributed by atoms with E-state index in [2.05, 4.69) is 12.2 Å². The van der Waals surface area contributed by atoms with Crippen LogP contribution in [0.4, 0.5) is 0 Å². The van der Waals surface area contributed by atoms with Gasteiger partial charge < -0.3 is 10.4 Å². The third-order valence-corrected chi connectivity index (χ3v) is 2.90. The number of thioether (sulfide) groups is 1. The van der Waals surface area contributed by atoms with Crippen molar-refractivity contribution in [3.05, 3.63) is 0 Å². The first-order valence-corrected chi connectivity index (χ1v) is 5.89. The molecule has 0 heterocycles. The molecule has 0 saturated carbocycles. The van der Waals surface area contributed by atoms with Gasteiger partial charge >= 0.3 is 5.97 Å². The molecule has 0 aliphatic rings. The van der Waals surface area contributed by atoms with E-state index in [0.29, 0.717) is 11.7 Å². The number of carboxylic acids is 1. The second-order valence-corrected chi connectivity index (χ2v) is 4.41. The number of nitrogens with one attached hydrogen (secondary N) is 1. The van der Waals surface area contributed by atoms with Crippen molar-refractivity contribution in [2.75, 3.05) is 12.8 Å². The highest BCUT2D eigenvalue weighted by atomic mass is 32.2. The van der Waals surface area contributed by atoms with Gasteiger partial charge in [-0.05, 0) is 12.7 Å². The summed E-state index contributed by atoms with van der Waals surface area (Å²) in [7, 11) is 0. The first kappa shape index (κ1) is 12.8. The summed E-state index contributed by atoms with van der Waals surface area (Å²) >= 11 is 1.74. The topological polar surface area (TPSA) is 49.3 Å². The second-order valence-electron chi connectivity index (χ2n) is 3.13. The predicted molar refractivity (Wildman–Crippen MR) is 57.3 cm³/mol. The minimum absolute atomic E-state index is 0.375. The van der Waals surface area contributed by atoms with Crippen LogP contribution in [0, 0.1) is 0 Å². The summed E-state index contributed by atoms with van der Waals surface area (Å²) < 4.78 is 0. The van der Waals surface area contributed by atoms with Gasteiger partial charge in [0, 0.05) is 11.8 Å². The Morgan fingerprint density at radius 2 is 2.23 bits per heavy atom. The predicted octanol–water partition coefficient (Wildman–Crippen LogP) is 1.58. The molecular formula is C9H19NO2S. The lowest BCUT2D eigenvalue weighted by atomic mass is 10.1. The minimum atomic E-state index is -0.741. The largest absolute Gasteiger partial charge is 0.480 e. The lowest BCUT2D eigenvalue weighted by Gasteiger charge is -2.15. The van der Waals surface area contributed by atoms with Crippen LogP contribution in [0.3, 0.4) is 0 Å². The van der Waals surface area contributed by atoms with Crippen molar-refractivity contribution in [2.24, 2.45) is 0 Å². The summed E-state index contributed by atoms with van der Waals surface area (Å²) in [5.41, 5.74) is 0. The first-order valence-electron chi connectivity index (χ1n) is 4.60. The Morgan fingerprint density at radius 3 is 2.62 bits per heavy atom. The van der Waals surface area contributed by atoms with Gasteiger partial charge in [0.15, 0.2) is 0 Å². The second kappa shape index (κ2) is 7.21. The molecule has 13 heavy (non-hydrogen) atoms. The molecule has 3 nitrogen and oxygen atoms in total. The third kappa shape index (κ3) is 5.93. The maximum Gasteiger partial charge on any atom is 0.320 e. The standard InChI is InChI=1S/C9H19NO2S/c1-4-5-8(9(11)12)10-6-7(2)13-3/h7-8,10H,4-6H2,1-3H3,(H,11,12). The van der Waals surface area contributed by atoms with Gasteiger partial charge in [0.1, 0.15) is 6.04 Å². The van der Waals surface area contributed by atoms with E-state index in [-0.39, 0.29) is 6.04 Å². The molecular weight excluding hydrogens is 186 g/mol. The number of aliphatic carboxylic acids is 1. The van der Waals surface area contributed by atoms with Crippen LogP contribution < -0.4 is 5.32 Å². The Balaban J connectivity index is 3.75. The molecule has 0 fully saturated rings. The molecule has 2 N–H and O–H groups in total. The Bertz CT molecular complexity index is 153. The molecule has 0 aromatic rings. The first-order chi connectivity index (χ1) is 6.11. The van der Waals surface area contributed by atoms with Crippen LogP contribution in [-0.2, 0) is 4.79 Å². The van der Waals surface area contributed by atoms with E-state index in [1.54, 1.807) is 11.8 Å². The van der Waals surface area contributed by atoms with Crippen molar-refractivity contribution >= 4 is 17.7 Å². The molecule has 0 aliphatic carbocycles. The van der Waals surface area contributed by atoms with E-state index < -0.39 is 5.97 Å². The molecule has 4 heteroatoms. The zero-order valence-corrected chi connectivity index (χ0v) is 9.36. The minimum Gasteiger partial charge on any atom is -0.480 e. The molecule has 0 aromatic heterocycles. The quantitative estimate of drug-likeness (QED) is 0.662. The number of carbonyl (C=O) groups is 1. The number of hydrogen-bond acceptors (Lipinski definition) is 3. The number of rotatable bonds is 7. The van der Waals surface area contributed by atoms with Crippen LogP contribution in [-0.4, -0.2) is 35.2 Å². The fraction of sp³-hybridized carbons (Fsp3) is 0.889. The summed E-state index contributed by atoms with van der Waals surface area (Å²) in [4.78, 5) is 10.7. The van der Waals surface area contributed by atoms with Crippen molar-refractivity contribution in [1.82, 2.24) is 5.32 Å². The Hall–Kier alpha value is -0.220. The Labute approximate surface area is 84.3 Å². The van der Waals surface area contributed by atoms with E-state index in [9.17, 15) is 4.79 Å². The molecule has 0 radical (unpaired) electrons. The molecule has 0 spiro atoms. The molecule has 0 aliphatic heterocycles. The van der Waals surface area contributed by atoms with Crippen molar-refractivity contribution in [2.45, 2.75) is 38.0 Å². The van der Waals surface area contributed by atoms with Crippen LogP contribution in [0.1, 0.15) is 26.7 Å². The molecule has 0 bridgehead atoms. The normalized spacial score (nSPS) is 15.3. The summed E-state index contributed by atoms with van der Waals surface area (Å²) in [6.07, 6.45) is 3.63.